The SMILES string of the molecule is COc1ccccc1[C@@H](C)NS(=O)(=O)c1ccc(Cl)nc1. The van der Waals surface area contributed by atoms with Crippen molar-refractivity contribution < 1.29 is 13.2 Å². The van der Waals surface area contributed by atoms with Crippen molar-refractivity contribution in [3.05, 3.63) is 53.3 Å². The van der Waals surface area contributed by atoms with Gasteiger partial charge in [-0.05, 0) is 25.1 Å². The van der Waals surface area contributed by atoms with Gasteiger partial charge in [0.05, 0.1) is 7.11 Å². The number of para-hydroxylation sites is 1. The highest BCUT2D eigenvalue weighted by molar-refractivity contribution is 7.89. The Morgan fingerprint density at radius 1 is 1.24 bits per heavy atom. The number of ether oxygens (including phenoxy) is 1. The average molecular weight is 327 g/mol. The Balaban J connectivity index is 2.25. The first-order chi connectivity index (χ1) is 9.94. The lowest BCUT2D eigenvalue weighted by Crippen LogP contribution is -2.27. The van der Waals surface area contributed by atoms with Crippen molar-refractivity contribution in [2.45, 2.75) is 17.9 Å². The van der Waals surface area contributed by atoms with E-state index >= 15 is 0 Å². The van der Waals surface area contributed by atoms with E-state index in [0.717, 1.165) is 5.56 Å². The van der Waals surface area contributed by atoms with Gasteiger partial charge in [-0.15, -0.1) is 0 Å². The third-order valence-corrected chi connectivity index (χ3v) is 4.70. The molecule has 1 aromatic carbocycles. The van der Waals surface area contributed by atoms with Crippen LogP contribution in [0, 0.1) is 0 Å². The molecule has 0 aliphatic heterocycles. The molecule has 112 valence electrons. The number of nitrogens with zero attached hydrogens (tertiary/aromatic N) is 1. The van der Waals surface area contributed by atoms with E-state index in [1.54, 1.807) is 20.1 Å². The Bertz CT molecular complexity index is 717. The molecule has 7 heteroatoms. The van der Waals surface area contributed by atoms with Crippen molar-refractivity contribution in [3.8, 4) is 5.75 Å². The molecule has 5 nitrogen and oxygen atoms in total. The molecule has 0 aliphatic carbocycles. The largest absolute Gasteiger partial charge is 0.496 e. The Labute approximate surface area is 129 Å². The Morgan fingerprint density at radius 3 is 2.57 bits per heavy atom. The lowest BCUT2D eigenvalue weighted by atomic mass is 10.1. The summed E-state index contributed by atoms with van der Waals surface area (Å²) in [7, 11) is -2.13. The zero-order valence-electron chi connectivity index (χ0n) is 11.6. The third-order valence-electron chi connectivity index (χ3n) is 2.95. The van der Waals surface area contributed by atoms with Gasteiger partial charge in [0.15, 0.2) is 0 Å². The molecular weight excluding hydrogens is 312 g/mol. The first-order valence-electron chi connectivity index (χ1n) is 6.21. The molecule has 1 atom stereocenters. The fourth-order valence-electron chi connectivity index (χ4n) is 1.91. The zero-order chi connectivity index (χ0) is 15.5. The van der Waals surface area contributed by atoms with Gasteiger partial charge in [0.2, 0.25) is 10.0 Å². The van der Waals surface area contributed by atoms with E-state index in [9.17, 15) is 8.42 Å². The van der Waals surface area contributed by atoms with Crippen molar-refractivity contribution in [2.24, 2.45) is 0 Å². The second kappa shape index (κ2) is 6.43. The lowest BCUT2D eigenvalue weighted by Gasteiger charge is -2.17. The van der Waals surface area contributed by atoms with Crippen LogP contribution in [0.3, 0.4) is 0 Å². The van der Waals surface area contributed by atoms with Crippen LogP contribution >= 0.6 is 11.6 Å². The molecule has 1 aromatic heterocycles. The number of hydrogen-bond donors (Lipinski definition) is 1. The number of halogens is 1. The molecule has 0 unspecified atom stereocenters. The number of rotatable bonds is 5. The standard InChI is InChI=1S/C14H15ClN2O3S/c1-10(12-5-3-4-6-13(12)20-2)17-21(18,19)11-7-8-14(15)16-9-11/h3-10,17H,1-2H3/t10-/m1/s1. The van der Waals surface area contributed by atoms with Crippen molar-refractivity contribution in [2.75, 3.05) is 7.11 Å². The third kappa shape index (κ3) is 3.72. The van der Waals surface area contributed by atoms with Crippen LogP contribution < -0.4 is 9.46 Å². The molecule has 0 radical (unpaired) electrons. The van der Waals surface area contributed by atoms with Crippen LogP contribution in [0.25, 0.3) is 0 Å². The van der Waals surface area contributed by atoms with Gasteiger partial charge in [-0.25, -0.2) is 18.1 Å². The quantitative estimate of drug-likeness (QED) is 0.858. The predicted octanol–water partition coefficient (Wildman–Crippen LogP) is 2.78. The summed E-state index contributed by atoms with van der Waals surface area (Å²) >= 11 is 5.66. The van der Waals surface area contributed by atoms with Gasteiger partial charge in [-0.1, -0.05) is 29.8 Å². The molecule has 2 rings (SSSR count). The molecular formula is C14H15ClN2O3S. The van der Waals surface area contributed by atoms with Gasteiger partial charge >= 0.3 is 0 Å². The van der Waals surface area contributed by atoms with Crippen molar-refractivity contribution in [1.82, 2.24) is 9.71 Å². The van der Waals surface area contributed by atoms with Crippen LogP contribution in [-0.2, 0) is 10.0 Å². The van der Waals surface area contributed by atoms with Gasteiger partial charge in [0.1, 0.15) is 15.8 Å². The molecule has 0 bridgehead atoms. The van der Waals surface area contributed by atoms with Crippen LogP contribution in [0.4, 0.5) is 0 Å². The second-order valence-corrected chi connectivity index (χ2v) is 6.50. The summed E-state index contributed by atoms with van der Waals surface area (Å²) in [5.74, 6) is 0.627. The predicted molar refractivity (Wildman–Crippen MR) is 81.0 cm³/mol. The van der Waals surface area contributed by atoms with E-state index in [4.69, 9.17) is 16.3 Å². The molecule has 0 amide bonds. The maximum atomic E-state index is 12.3. The fraction of sp³-hybridized carbons (Fsp3) is 0.214. The minimum atomic E-state index is -3.68. The Kier molecular flexibility index (Phi) is 4.82. The number of aromatic nitrogens is 1. The summed E-state index contributed by atoms with van der Waals surface area (Å²) in [5, 5.41) is 0.242. The van der Waals surface area contributed by atoms with E-state index in [1.807, 2.05) is 18.2 Å². The first kappa shape index (κ1) is 15.8. The van der Waals surface area contributed by atoms with Crippen molar-refractivity contribution in [3.63, 3.8) is 0 Å². The summed E-state index contributed by atoms with van der Waals surface area (Å²) in [6.45, 7) is 1.75. The highest BCUT2D eigenvalue weighted by Crippen LogP contribution is 2.25. The molecule has 0 spiro atoms. The van der Waals surface area contributed by atoms with Crippen molar-refractivity contribution in [1.29, 1.82) is 0 Å². The molecule has 0 saturated heterocycles. The van der Waals surface area contributed by atoms with Crippen LogP contribution in [0.15, 0.2) is 47.5 Å². The number of nitrogens with one attached hydrogen (secondary N) is 1. The molecule has 21 heavy (non-hydrogen) atoms. The van der Waals surface area contributed by atoms with E-state index < -0.39 is 16.1 Å². The number of hydrogen-bond acceptors (Lipinski definition) is 4. The summed E-state index contributed by atoms with van der Waals surface area (Å²) < 4.78 is 32.4. The van der Waals surface area contributed by atoms with Crippen LogP contribution in [-0.4, -0.2) is 20.5 Å². The monoisotopic (exact) mass is 326 g/mol. The molecule has 1 heterocycles. The van der Waals surface area contributed by atoms with Gasteiger partial charge in [0, 0.05) is 17.8 Å². The second-order valence-electron chi connectivity index (χ2n) is 4.40. The van der Waals surface area contributed by atoms with Crippen molar-refractivity contribution >= 4 is 21.6 Å². The minimum Gasteiger partial charge on any atom is -0.496 e. The summed E-state index contributed by atoms with van der Waals surface area (Å²) in [6, 6.07) is 9.65. The number of methoxy groups -OCH3 is 1. The molecule has 2 aromatic rings. The maximum absolute atomic E-state index is 12.3. The topological polar surface area (TPSA) is 68.3 Å². The van der Waals surface area contributed by atoms with Gasteiger partial charge in [0.25, 0.3) is 0 Å². The maximum Gasteiger partial charge on any atom is 0.242 e. The van der Waals surface area contributed by atoms with E-state index in [2.05, 4.69) is 9.71 Å². The lowest BCUT2D eigenvalue weighted by molar-refractivity contribution is 0.405. The van der Waals surface area contributed by atoms with Gasteiger partial charge < -0.3 is 4.74 Å². The normalized spacial score (nSPS) is 12.9. The van der Waals surface area contributed by atoms with Gasteiger partial charge in [-0.2, -0.15) is 0 Å². The molecule has 1 N–H and O–H groups in total. The average Bonchev–Trinajstić information content (AvgIpc) is 2.47. The van der Waals surface area contributed by atoms with E-state index in [1.165, 1.54) is 18.3 Å². The van der Waals surface area contributed by atoms with Crippen LogP contribution in [0.1, 0.15) is 18.5 Å². The highest BCUT2D eigenvalue weighted by Gasteiger charge is 2.20. The number of pyridine rings is 1. The summed E-state index contributed by atoms with van der Waals surface area (Å²) in [4.78, 5) is 3.84. The van der Waals surface area contributed by atoms with Gasteiger partial charge in [-0.3, -0.25) is 0 Å². The number of benzene rings is 1. The Morgan fingerprint density at radius 2 is 1.95 bits per heavy atom. The van der Waals surface area contributed by atoms with Crippen LogP contribution in [0.5, 0.6) is 5.75 Å². The smallest absolute Gasteiger partial charge is 0.242 e. The highest BCUT2D eigenvalue weighted by atomic mass is 35.5. The minimum absolute atomic E-state index is 0.0636. The molecule has 0 saturated carbocycles. The zero-order valence-corrected chi connectivity index (χ0v) is 13.1. The summed E-state index contributed by atoms with van der Waals surface area (Å²) in [5.41, 5.74) is 0.755. The fourth-order valence-corrected chi connectivity index (χ4v) is 3.19. The Hall–Kier alpha value is -1.63. The molecule has 0 aliphatic rings. The molecule has 0 fully saturated rings. The van der Waals surface area contributed by atoms with E-state index in [0.29, 0.717) is 5.75 Å². The first-order valence-corrected chi connectivity index (χ1v) is 8.07. The summed E-state index contributed by atoms with van der Waals surface area (Å²) in [6.07, 6.45) is 1.22. The van der Waals surface area contributed by atoms with E-state index in [-0.39, 0.29) is 10.0 Å². The number of sulfonamides is 1. The van der Waals surface area contributed by atoms with Crippen LogP contribution in [0.2, 0.25) is 5.15 Å².